The number of amides is 2. The van der Waals surface area contributed by atoms with Crippen LogP contribution < -0.4 is 10.6 Å². The van der Waals surface area contributed by atoms with E-state index in [2.05, 4.69) is 10.6 Å². The highest BCUT2D eigenvalue weighted by Gasteiger charge is 1.99. The van der Waals surface area contributed by atoms with E-state index in [9.17, 15) is 9.59 Å². The Balaban J connectivity index is 3.22. The van der Waals surface area contributed by atoms with Crippen molar-refractivity contribution in [2.24, 2.45) is 0 Å². The Hall–Kier alpha value is -1.06. The molecule has 4 heteroatoms. The smallest absolute Gasteiger partial charge is 0.220 e. The van der Waals surface area contributed by atoms with Gasteiger partial charge in [0.2, 0.25) is 11.8 Å². The van der Waals surface area contributed by atoms with E-state index in [4.69, 9.17) is 0 Å². The summed E-state index contributed by atoms with van der Waals surface area (Å²) in [6.45, 7) is 4.79. The molecule has 0 radical (unpaired) electrons. The summed E-state index contributed by atoms with van der Waals surface area (Å²) in [7, 11) is 0. The van der Waals surface area contributed by atoms with Crippen molar-refractivity contribution >= 4 is 11.8 Å². The third kappa shape index (κ3) is 8.85. The molecule has 76 valence electrons. The van der Waals surface area contributed by atoms with E-state index in [0.29, 0.717) is 19.4 Å². The monoisotopic (exact) mass is 186 g/mol. The highest BCUT2D eigenvalue weighted by atomic mass is 16.2. The minimum atomic E-state index is -0.0473. The van der Waals surface area contributed by atoms with Crippen molar-refractivity contribution in [3.63, 3.8) is 0 Å². The lowest BCUT2D eigenvalue weighted by atomic mass is 10.3. The predicted octanol–water partition coefficient (Wildman–Crippen LogP) is 0.429. The topological polar surface area (TPSA) is 58.2 Å². The summed E-state index contributed by atoms with van der Waals surface area (Å²) in [5, 5.41) is 5.41. The minimum absolute atomic E-state index is 0.0473. The lowest BCUT2D eigenvalue weighted by molar-refractivity contribution is -0.122. The molecule has 0 saturated heterocycles. The summed E-state index contributed by atoms with van der Waals surface area (Å²) in [4.78, 5) is 21.5. The summed E-state index contributed by atoms with van der Waals surface area (Å²) < 4.78 is 0. The van der Waals surface area contributed by atoms with E-state index in [0.717, 1.165) is 13.0 Å². The van der Waals surface area contributed by atoms with Gasteiger partial charge < -0.3 is 10.6 Å². The van der Waals surface area contributed by atoms with Gasteiger partial charge in [0.15, 0.2) is 0 Å². The van der Waals surface area contributed by atoms with Gasteiger partial charge in [-0.3, -0.25) is 9.59 Å². The highest BCUT2D eigenvalue weighted by Crippen LogP contribution is 1.87. The molecule has 2 N–H and O–H groups in total. The van der Waals surface area contributed by atoms with Gasteiger partial charge in [-0.25, -0.2) is 0 Å². The van der Waals surface area contributed by atoms with Crippen LogP contribution in [0, 0.1) is 0 Å². The fourth-order valence-corrected chi connectivity index (χ4v) is 0.866. The first kappa shape index (κ1) is 11.9. The lowest BCUT2D eigenvalue weighted by Gasteiger charge is -2.03. The number of hydrogen-bond acceptors (Lipinski definition) is 2. The molecule has 13 heavy (non-hydrogen) atoms. The van der Waals surface area contributed by atoms with E-state index in [1.54, 1.807) is 0 Å². The average Bonchev–Trinajstić information content (AvgIpc) is 2.08. The summed E-state index contributed by atoms with van der Waals surface area (Å²) in [6.07, 6.45) is 2.15. The van der Waals surface area contributed by atoms with Gasteiger partial charge in [-0.05, 0) is 12.8 Å². The molecule has 0 aromatic carbocycles. The van der Waals surface area contributed by atoms with Gasteiger partial charge in [-0.2, -0.15) is 0 Å². The summed E-state index contributed by atoms with van der Waals surface area (Å²) in [5.74, 6) is 0.0150. The molecule has 0 aliphatic carbocycles. The second-order valence-corrected chi connectivity index (χ2v) is 2.94. The zero-order valence-corrected chi connectivity index (χ0v) is 8.35. The van der Waals surface area contributed by atoms with Gasteiger partial charge in [-0.15, -0.1) is 0 Å². The van der Waals surface area contributed by atoms with Gasteiger partial charge in [-0.1, -0.05) is 6.92 Å². The standard InChI is InChI=1S/C9H18N2O2/c1-3-6-11-9(13)5-4-7-10-8(2)12/h3-7H2,1-2H3,(H,10,12)(H,11,13). The molecule has 0 bridgehead atoms. The molecule has 0 atom stereocenters. The first-order valence-corrected chi connectivity index (χ1v) is 4.68. The van der Waals surface area contributed by atoms with Crippen molar-refractivity contribution in [3.8, 4) is 0 Å². The summed E-state index contributed by atoms with van der Waals surface area (Å²) in [5.41, 5.74) is 0. The molecule has 4 nitrogen and oxygen atoms in total. The van der Waals surface area contributed by atoms with Crippen molar-refractivity contribution < 1.29 is 9.59 Å². The van der Waals surface area contributed by atoms with Crippen LogP contribution in [0.4, 0.5) is 0 Å². The molecule has 0 aromatic rings. The Labute approximate surface area is 79.1 Å². The number of nitrogens with one attached hydrogen (secondary N) is 2. The molecule has 2 amide bonds. The van der Waals surface area contributed by atoms with Crippen LogP contribution in [-0.4, -0.2) is 24.9 Å². The largest absolute Gasteiger partial charge is 0.356 e. The van der Waals surface area contributed by atoms with Crippen molar-refractivity contribution in [2.75, 3.05) is 13.1 Å². The molecule has 0 unspecified atom stereocenters. The van der Waals surface area contributed by atoms with Crippen molar-refractivity contribution in [1.82, 2.24) is 10.6 Å². The maximum atomic E-state index is 11.0. The van der Waals surface area contributed by atoms with Crippen molar-refractivity contribution in [3.05, 3.63) is 0 Å². The molecular weight excluding hydrogens is 168 g/mol. The molecule has 0 spiro atoms. The normalized spacial score (nSPS) is 9.38. The van der Waals surface area contributed by atoms with Crippen LogP contribution in [0.5, 0.6) is 0 Å². The zero-order chi connectivity index (χ0) is 10.1. The first-order chi connectivity index (χ1) is 6.16. The van der Waals surface area contributed by atoms with Crippen LogP contribution in [0.25, 0.3) is 0 Å². The van der Waals surface area contributed by atoms with Gasteiger partial charge >= 0.3 is 0 Å². The second kappa shape index (κ2) is 7.58. The maximum Gasteiger partial charge on any atom is 0.220 e. The van der Waals surface area contributed by atoms with E-state index in [1.807, 2.05) is 6.92 Å². The Morgan fingerprint density at radius 1 is 1.15 bits per heavy atom. The van der Waals surface area contributed by atoms with Gasteiger partial charge in [0.25, 0.3) is 0 Å². The van der Waals surface area contributed by atoms with E-state index < -0.39 is 0 Å². The van der Waals surface area contributed by atoms with E-state index in [-0.39, 0.29) is 11.8 Å². The SMILES string of the molecule is CCCNC(=O)CCCNC(C)=O. The summed E-state index contributed by atoms with van der Waals surface area (Å²) in [6, 6.07) is 0. The Kier molecular flexibility index (Phi) is 6.96. The van der Waals surface area contributed by atoms with Gasteiger partial charge in [0.05, 0.1) is 0 Å². The molecule has 0 aliphatic rings. The van der Waals surface area contributed by atoms with Crippen LogP contribution in [-0.2, 0) is 9.59 Å². The number of hydrogen-bond donors (Lipinski definition) is 2. The van der Waals surface area contributed by atoms with Crippen LogP contribution >= 0.6 is 0 Å². The summed E-state index contributed by atoms with van der Waals surface area (Å²) >= 11 is 0. The number of carbonyl (C=O) groups is 2. The second-order valence-electron chi connectivity index (χ2n) is 2.94. The van der Waals surface area contributed by atoms with Gasteiger partial charge in [0.1, 0.15) is 0 Å². The minimum Gasteiger partial charge on any atom is -0.356 e. The maximum absolute atomic E-state index is 11.0. The molecule has 0 aliphatic heterocycles. The van der Waals surface area contributed by atoms with Gasteiger partial charge in [0, 0.05) is 26.4 Å². The van der Waals surface area contributed by atoms with Crippen molar-refractivity contribution in [1.29, 1.82) is 0 Å². The van der Waals surface area contributed by atoms with E-state index in [1.165, 1.54) is 6.92 Å². The molecule has 0 fully saturated rings. The quantitative estimate of drug-likeness (QED) is 0.591. The Bertz CT molecular complexity index is 169. The molecule has 0 saturated carbocycles. The molecular formula is C9H18N2O2. The van der Waals surface area contributed by atoms with Crippen LogP contribution in [0.15, 0.2) is 0 Å². The zero-order valence-electron chi connectivity index (χ0n) is 8.35. The first-order valence-electron chi connectivity index (χ1n) is 4.68. The lowest BCUT2D eigenvalue weighted by Crippen LogP contribution is -2.26. The predicted molar refractivity (Wildman–Crippen MR) is 51.2 cm³/mol. The number of carbonyl (C=O) groups excluding carboxylic acids is 2. The number of rotatable bonds is 6. The van der Waals surface area contributed by atoms with E-state index >= 15 is 0 Å². The molecule has 0 heterocycles. The highest BCUT2D eigenvalue weighted by molar-refractivity contribution is 5.76. The Morgan fingerprint density at radius 3 is 2.38 bits per heavy atom. The fourth-order valence-electron chi connectivity index (χ4n) is 0.866. The molecule has 0 rings (SSSR count). The molecule has 0 aromatic heterocycles. The van der Waals surface area contributed by atoms with Crippen molar-refractivity contribution in [2.45, 2.75) is 33.1 Å². The third-order valence-electron chi connectivity index (χ3n) is 1.53. The third-order valence-corrected chi connectivity index (χ3v) is 1.53. The van der Waals surface area contributed by atoms with Crippen LogP contribution in [0.2, 0.25) is 0 Å². The fraction of sp³-hybridized carbons (Fsp3) is 0.778. The average molecular weight is 186 g/mol. The van der Waals surface area contributed by atoms with Crippen LogP contribution in [0.1, 0.15) is 33.1 Å². The Morgan fingerprint density at radius 2 is 1.85 bits per heavy atom. The van der Waals surface area contributed by atoms with Crippen LogP contribution in [0.3, 0.4) is 0 Å².